The highest BCUT2D eigenvalue weighted by molar-refractivity contribution is 6.22. The molecule has 1 amide bonds. The van der Waals surface area contributed by atoms with Gasteiger partial charge in [0.15, 0.2) is 11.3 Å². The molecule has 1 rings (SSSR count). The molecule has 0 radical (unpaired) electrons. The van der Waals surface area contributed by atoms with Gasteiger partial charge in [-0.15, -0.1) is 0 Å². The van der Waals surface area contributed by atoms with Crippen LogP contribution in [-0.2, 0) is 19.1 Å². The van der Waals surface area contributed by atoms with Gasteiger partial charge >= 0.3 is 5.97 Å². The van der Waals surface area contributed by atoms with Crippen molar-refractivity contribution in [3.8, 4) is 0 Å². The molecular formula is C17H19NO6. The number of carbonyl (C=O) groups is 3. The van der Waals surface area contributed by atoms with Crippen LogP contribution in [0.15, 0.2) is 35.6 Å². The number of ketones is 1. The fourth-order valence-electron chi connectivity index (χ4n) is 2.01. The number of carbonyl (C=O) groups excluding carboxylic acids is 3. The van der Waals surface area contributed by atoms with E-state index < -0.39 is 34.8 Å². The number of aliphatic hydroxyl groups is 2. The molecule has 0 heterocycles. The number of aliphatic hydroxyl groups excluding tert-OH is 2. The van der Waals surface area contributed by atoms with Gasteiger partial charge in [-0.3, -0.25) is 9.59 Å². The first-order valence-corrected chi connectivity index (χ1v) is 7.11. The van der Waals surface area contributed by atoms with Crippen molar-refractivity contribution in [2.75, 3.05) is 6.61 Å². The zero-order valence-electron chi connectivity index (χ0n) is 13.6. The summed E-state index contributed by atoms with van der Waals surface area (Å²) in [5, 5.41) is 19.9. The standard InChI is InChI=1S/C17H19NO6/c1-4-24-17(23)14(16(18)22)15(21)13(20)8-12(19)11-6-5-9(2)7-10(11)3/h5-8,19,21H,4H2,1-3H3,(H2,18,22). The molecule has 0 atom stereocenters. The Kier molecular flexibility index (Phi) is 6.29. The molecule has 4 N–H and O–H groups in total. The zero-order chi connectivity index (χ0) is 18.4. The van der Waals surface area contributed by atoms with E-state index >= 15 is 0 Å². The van der Waals surface area contributed by atoms with Crippen molar-refractivity contribution in [2.24, 2.45) is 5.73 Å². The van der Waals surface area contributed by atoms with Crippen molar-refractivity contribution in [3.63, 3.8) is 0 Å². The quantitative estimate of drug-likeness (QED) is 0.239. The van der Waals surface area contributed by atoms with Crippen molar-refractivity contribution in [1.29, 1.82) is 0 Å². The molecule has 0 unspecified atom stereocenters. The second-order valence-corrected chi connectivity index (χ2v) is 5.02. The summed E-state index contributed by atoms with van der Waals surface area (Å²) in [6.45, 7) is 5.03. The minimum Gasteiger partial charge on any atom is -0.507 e. The Morgan fingerprint density at radius 3 is 2.33 bits per heavy atom. The summed E-state index contributed by atoms with van der Waals surface area (Å²) < 4.78 is 4.57. The van der Waals surface area contributed by atoms with Crippen LogP contribution in [0.3, 0.4) is 0 Å². The third-order valence-corrected chi connectivity index (χ3v) is 3.12. The number of nitrogens with two attached hydrogens (primary N) is 1. The third-order valence-electron chi connectivity index (χ3n) is 3.12. The maximum Gasteiger partial charge on any atom is 0.347 e. The lowest BCUT2D eigenvalue weighted by atomic mass is 10.0. The Balaban J connectivity index is 3.25. The van der Waals surface area contributed by atoms with Crippen LogP contribution in [0.5, 0.6) is 0 Å². The minimum atomic E-state index is -1.31. The van der Waals surface area contributed by atoms with Crippen LogP contribution < -0.4 is 5.73 Å². The number of benzene rings is 1. The van der Waals surface area contributed by atoms with E-state index in [1.807, 2.05) is 6.92 Å². The summed E-state index contributed by atoms with van der Waals surface area (Å²) in [5.74, 6) is -5.27. The molecular weight excluding hydrogens is 314 g/mol. The molecule has 0 saturated heterocycles. The van der Waals surface area contributed by atoms with Crippen LogP contribution in [0.25, 0.3) is 5.76 Å². The molecule has 0 fully saturated rings. The highest BCUT2D eigenvalue weighted by Crippen LogP contribution is 2.19. The molecule has 1 aromatic rings. The number of hydrogen-bond acceptors (Lipinski definition) is 6. The number of aryl methyl sites for hydroxylation is 2. The Hall–Kier alpha value is -3.09. The maximum atomic E-state index is 12.0. The van der Waals surface area contributed by atoms with Crippen molar-refractivity contribution < 1.29 is 29.3 Å². The van der Waals surface area contributed by atoms with Crippen LogP contribution in [-0.4, -0.2) is 34.5 Å². The molecule has 7 heteroatoms. The smallest absolute Gasteiger partial charge is 0.347 e. The molecule has 24 heavy (non-hydrogen) atoms. The first kappa shape index (κ1) is 19.0. The largest absolute Gasteiger partial charge is 0.507 e. The van der Waals surface area contributed by atoms with E-state index in [-0.39, 0.29) is 6.61 Å². The summed E-state index contributed by atoms with van der Waals surface area (Å²) in [5.41, 5.74) is 6.08. The van der Waals surface area contributed by atoms with Gasteiger partial charge < -0.3 is 20.7 Å². The molecule has 0 spiro atoms. The minimum absolute atomic E-state index is 0.0687. The molecule has 7 nitrogen and oxygen atoms in total. The Bertz CT molecular complexity index is 745. The van der Waals surface area contributed by atoms with Gasteiger partial charge in [-0.1, -0.05) is 23.8 Å². The molecule has 0 aromatic heterocycles. The Morgan fingerprint density at radius 1 is 1.21 bits per heavy atom. The van der Waals surface area contributed by atoms with Gasteiger partial charge in [-0.05, 0) is 26.3 Å². The summed E-state index contributed by atoms with van der Waals surface area (Å²) >= 11 is 0. The molecule has 0 aliphatic rings. The van der Waals surface area contributed by atoms with Crippen molar-refractivity contribution in [1.82, 2.24) is 0 Å². The lowest BCUT2D eigenvalue weighted by Crippen LogP contribution is -2.26. The molecule has 0 saturated carbocycles. The highest BCUT2D eigenvalue weighted by atomic mass is 16.5. The van der Waals surface area contributed by atoms with Gasteiger partial charge in [0.2, 0.25) is 5.78 Å². The van der Waals surface area contributed by atoms with E-state index in [1.165, 1.54) is 6.92 Å². The molecule has 0 bridgehead atoms. The summed E-state index contributed by atoms with van der Waals surface area (Å²) in [7, 11) is 0. The van der Waals surface area contributed by atoms with Gasteiger partial charge in [0.05, 0.1) is 6.61 Å². The Labute approximate surface area is 139 Å². The van der Waals surface area contributed by atoms with Gasteiger partial charge in [0.1, 0.15) is 5.76 Å². The second kappa shape index (κ2) is 7.96. The van der Waals surface area contributed by atoms with E-state index in [4.69, 9.17) is 5.73 Å². The average Bonchev–Trinajstić information content (AvgIpc) is 2.46. The molecule has 128 valence electrons. The topological polar surface area (TPSA) is 127 Å². The number of hydrogen-bond donors (Lipinski definition) is 3. The number of amides is 1. The third kappa shape index (κ3) is 4.45. The first-order valence-electron chi connectivity index (χ1n) is 7.11. The van der Waals surface area contributed by atoms with Crippen LogP contribution >= 0.6 is 0 Å². The van der Waals surface area contributed by atoms with Crippen molar-refractivity contribution in [3.05, 3.63) is 52.3 Å². The fourth-order valence-corrected chi connectivity index (χ4v) is 2.01. The van der Waals surface area contributed by atoms with Gasteiger partial charge in [-0.2, -0.15) is 0 Å². The zero-order valence-corrected chi connectivity index (χ0v) is 13.6. The Morgan fingerprint density at radius 2 is 1.83 bits per heavy atom. The van der Waals surface area contributed by atoms with E-state index in [0.717, 1.165) is 5.56 Å². The second-order valence-electron chi connectivity index (χ2n) is 5.02. The van der Waals surface area contributed by atoms with E-state index in [1.54, 1.807) is 25.1 Å². The number of esters is 1. The van der Waals surface area contributed by atoms with E-state index in [9.17, 15) is 24.6 Å². The molecule has 1 aromatic carbocycles. The fraction of sp³-hybridized carbons (Fsp3) is 0.235. The van der Waals surface area contributed by atoms with Crippen LogP contribution in [0.4, 0.5) is 0 Å². The average molecular weight is 333 g/mol. The predicted molar refractivity (Wildman–Crippen MR) is 87.0 cm³/mol. The van der Waals surface area contributed by atoms with Crippen LogP contribution in [0.2, 0.25) is 0 Å². The number of ether oxygens (including phenoxy) is 1. The lowest BCUT2D eigenvalue weighted by Gasteiger charge is -2.07. The number of primary amides is 1. The van der Waals surface area contributed by atoms with Crippen molar-refractivity contribution >= 4 is 23.4 Å². The summed E-state index contributed by atoms with van der Waals surface area (Å²) in [6, 6.07) is 5.14. The number of rotatable bonds is 6. The number of allylic oxidation sites excluding steroid dienone is 1. The van der Waals surface area contributed by atoms with Crippen molar-refractivity contribution in [2.45, 2.75) is 20.8 Å². The van der Waals surface area contributed by atoms with Gasteiger partial charge in [0, 0.05) is 11.6 Å². The normalized spacial score (nSPS) is 12.4. The summed E-state index contributed by atoms with van der Waals surface area (Å²) in [6.07, 6.45) is 0.704. The first-order chi connectivity index (χ1) is 11.2. The van der Waals surface area contributed by atoms with E-state index in [2.05, 4.69) is 4.74 Å². The maximum absolute atomic E-state index is 12.0. The van der Waals surface area contributed by atoms with Crippen LogP contribution in [0.1, 0.15) is 23.6 Å². The van der Waals surface area contributed by atoms with E-state index in [0.29, 0.717) is 17.2 Å². The highest BCUT2D eigenvalue weighted by Gasteiger charge is 2.26. The van der Waals surface area contributed by atoms with Crippen LogP contribution in [0, 0.1) is 13.8 Å². The molecule has 0 aliphatic carbocycles. The summed E-state index contributed by atoms with van der Waals surface area (Å²) in [4.78, 5) is 34.9. The predicted octanol–water partition coefficient (Wildman–Crippen LogP) is 1.63. The monoisotopic (exact) mass is 333 g/mol. The molecule has 0 aliphatic heterocycles. The van der Waals surface area contributed by atoms with Gasteiger partial charge in [-0.25, -0.2) is 4.79 Å². The van der Waals surface area contributed by atoms with Gasteiger partial charge in [0.25, 0.3) is 5.91 Å². The lowest BCUT2D eigenvalue weighted by molar-refractivity contribution is -0.140. The SMILES string of the molecule is CCOC(=O)C(C(N)=O)=C(O)C(=O)C=C(O)c1ccc(C)cc1C.